The minimum absolute atomic E-state index is 0.0160. The lowest BCUT2D eigenvalue weighted by atomic mass is 10.1. The van der Waals surface area contributed by atoms with Crippen molar-refractivity contribution >= 4 is 17.8 Å². The first-order chi connectivity index (χ1) is 16.4. The van der Waals surface area contributed by atoms with E-state index in [0.717, 1.165) is 0 Å². The molecule has 1 amide bonds. The van der Waals surface area contributed by atoms with Gasteiger partial charge in [0.25, 0.3) is 5.91 Å². The summed E-state index contributed by atoms with van der Waals surface area (Å²) in [7, 11) is 0. The third-order valence-electron chi connectivity index (χ3n) is 4.86. The molecule has 0 saturated heterocycles. The van der Waals surface area contributed by atoms with Crippen molar-refractivity contribution in [1.29, 1.82) is 0 Å². The highest BCUT2D eigenvalue weighted by molar-refractivity contribution is 5.97. The molecular weight excluding hydrogens is 442 g/mol. The fourth-order valence-corrected chi connectivity index (χ4v) is 3.08. The van der Waals surface area contributed by atoms with Gasteiger partial charge in [-0.05, 0) is 36.4 Å². The smallest absolute Gasteiger partial charge is 0.341 e. The lowest BCUT2D eigenvalue weighted by molar-refractivity contribution is 0.0359. The molecule has 176 valence electrons. The van der Waals surface area contributed by atoms with Gasteiger partial charge in [0.1, 0.15) is 41.6 Å². The van der Waals surface area contributed by atoms with Crippen molar-refractivity contribution in [3.8, 4) is 17.2 Å². The number of carbonyl (C=O) groups excluding carboxylic acids is 3. The van der Waals surface area contributed by atoms with Gasteiger partial charge in [0, 0.05) is 0 Å². The third-order valence-corrected chi connectivity index (χ3v) is 4.86. The molecule has 3 rings (SSSR count). The van der Waals surface area contributed by atoms with Gasteiger partial charge in [0.05, 0.1) is 18.7 Å². The second kappa shape index (κ2) is 11.4. The summed E-state index contributed by atoms with van der Waals surface area (Å²) in [4.78, 5) is 38.7. The van der Waals surface area contributed by atoms with Crippen LogP contribution in [-0.4, -0.2) is 64.4 Å². The van der Waals surface area contributed by atoms with Crippen molar-refractivity contribution in [3.63, 3.8) is 0 Å². The largest absolute Gasteiger partial charge is 0.507 e. The number of phenolic OH excluding ortho intramolecular Hbond substituents is 3. The number of carbonyl (C=O) groups is 3. The molecule has 9 heteroatoms. The Labute approximate surface area is 195 Å². The Morgan fingerprint density at radius 1 is 0.588 bits per heavy atom. The number of esters is 2. The average molecular weight is 465 g/mol. The average Bonchev–Trinajstić information content (AvgIpc) is 2.83. The maximum atomic E-state index is 13.0. The van der Waals surface area contributed by atoms with E-state index in [1.165, 1.54) is 41.3 Å². The van der Waals surface area contributed by atoms with Gasteiger partial charge >= 0.3 is 11.9 Å². The zero-order chi connectivity index (χ0) is 24.5. The molecular formula is C25H23NO8. The van der Waals surface area contributed by atoms with Crippen molar-refractivity contribution in [2.45, 2.75) is 0 Å². The standard InChI is InChI=1S/C25H23NO8/c27-20-10-4-1-7-17(20)23(30)26(13-15-33-24(31)18-8-2-5-11-21(18)28)14-16-34-25(32)19-9-3-6-12-22(19)29/h1-12,27-29H,13-16H2. The van der Waals surface area contributed by atoms with Gasteiger partial charge in [-0.2, -0.15) is 0 Å². The van der Waals surface area contributed by atoms with E-state index in [2.05, 4.69) is 0 Å². The summed E-state index contributed by atoms with van der Waals surface area (Å²) < 4.78 is 10.3. The van der Waals surface area contributed by atoms with Crippen LogP contribution in [0.25, 0.3) is 0 Å². The zero-order valence-corrected chi connectivity index (χ0v) is 18.1. The van der Waals surface area contributed by atoms with Gasteiger partial charge in [-0.3, -0.25) is 4.79 Å². The summed E-state index contributed by atoms with van der Waals surface area (Å²) in [6, 6.07) is 17.7. The van der Waals surface area contributed by atoms with Gasteiger partial charge < -0.3 is 29.7 Å². The fraction of sp³-hybridized carbons (Fsp3) is 0.160. The summed E-state index contributed by atoms with van der Waals surface area (Å²) in [5, 5.41) is 29.6. The molecule has 0 aliphatic carbocycles. The van der Waals surface area contributed by atoms with Crippen LogP contribution in [0, 0.1) is 0 Å². The molecule has 0 atom stereocenters. The summed E-state index contributed by atoms with van der Waals surface area (Å²) in [6.07, 6.45) is 0. The number of hydrogen-bond acceptors (Lipinski definition) is 8. The molecule has 34 heavy (non-hydrogen) atoms. The first-order valence-electron chi connectivity index (χ1n) is 10.4. The van der Waals surface area contributed by atoms with Crippen LogP contribution in [0.15, 0.2) is 72.8 Å². The van der Waals surface area contributed by atoms with Gasteiger partial charge in [-0.25, -0.2) is 9.59 Å². The van der Waals surface area contributed by atoms with Gasteiger partial charge in [0.2, 0.25) is 0 Å². The van der Waals surface area contributed by atoms with Crippen molar-refractivity contribution < 1.29 is 39.2 Å². The molecule has 3 aromatic rings. The molecule has 0 fully saturated rings. The maximum Gasteiger partial charge on any atom is 0.341 e. The van der Waals surface area contributed by atoms with Crippen molar-refractivity contribution in [3.05, 3.63) is 89.5 Å². The number of nitrogens with zero attached hydrogens (tertiary/aromatic N) is 1. The Hall–Kier alpha value is -4.53. The molecule has 0 saturated carbocycles. The molecule has 3 aromatic carbocycles. The normalized spacial score (nSPS) is 10.4. The quantitative estimate of drug-likeness (QED) is 0.411. The second-order valence-corrected chi connectivity index (χ2v) is 7.12. The van der Waals surface area contributed by atoms with Crippen molar-refractivity contribution in [2.75, 3.05) is 26.3 Å². The van der Waals surface area contributed by atoms with Crippen molar-refractivity contribution in [2.24, 2.45) is 0 Å². The van der Waals surface area contributed by atoms with Crippen LogP contribution >= 0.6 is 0 Å². The number of rotatable bonds is 9. The highest BCUT2D eigenvalue weighted by Gasteiger charge is 2.21. The topological polar surface area (TPSA) is 134 Å². The zero-order valence-electron chi connectivity index (χ0n) is 18.1. The lowest BCUT2D eigenvalue weighted by Gasteiger charge is -2.23. The van der Waals surface area contributed by atoms with E-state index in [9.17, 15) is 29.7 Å². The number of amides is 1. The third kappa shape index (κ3) is 6.04. The van der Waals surface area contributed by atoms with E-state index >= 15 is 0 Å². The minimum atomic E-state index is -0.765. The highest BCUT2D eigenvalue weighted by atomic mass is 16.5. The van der Waals surface area contributed by atoms with Crippen LogP contribution < -0.4 is 0 Å². The summed E-state index contributed by atoms with van der Waals surface area (Å²) in [5.41, 5.74) is -0.00285. The summed E-state index contributed by atoms with van der Waals surface area (Å²) >= 11 is 0. The van der Waals surface area contributed by atoms with Gasteiger partial charge in [-0.1, -0.05) is 36.4 Å². The Morgan fingerprint density at radius 2 is 0.941 bits per heavy atom. The van der Waals surface area contributed by atoms with E-state index in [1.54, 1.807) is 36.4 Å². The fourth-order valence-electron chi connectivity index (χ4n) is 3.08. The van der Waals surface area contributed by atoms with Crippen LogP contribution in [0.5, 0.6) is 17.2 Å². The first kappa shape index (κ1) is 24.1. The molecule has 0 radical (unpaired) electrons. The Kier molecular flexibility index (Phi) is 8.07. The monoisotopic (exact) mass is 465 g/mol. The molecule has 0 aromatic heterocycles. The molecule has 0 bridgehead atoms. The van der Waals surface area contributed by atoms with Crippen LogP contribution in [0.4, 0.5) is 0 Å². The molecule has 0 spiro atoms. The lowest BCUT2D eigenvalue weighted by Crippen LogP contribution is -2.37. The van der Waals surface area contributed by atoms with E-state index in [0.29, 0.717) is 0 Å². The first-order valence-corrected chi connectivity index (χ1v) is 10.4. The van der Waals surface area contributed by atoms with Crippen LogP contribution in [0.2, 0.25) is 0 Å². The predicted molar refractivity (Wildman–Crippen MR) is 121 cm³/mol. The second-order valence-electron chi connectivity index (χ2n) is 7.12. The molecule has 0 heterocycles. The number of para-hydroxylation sites is 3. The predicted octanol–water partition coefficient (Wildman–Crippen LogP) is 2.96. The number of hydrogen-bond donors (Lipinski definition) is 3. The SMILES string of the molecule is O=C(OCCN(CCOC(=O)c1ccccc1O)C(=O)c1ccccc1O)c1ccccc1O. The van der Waals surface area contributed by atoms with Crippen LogP contribution in [0.1, 0.15) is 31.1 Å². The van der Waals surface area contributed by atoms with Crippen LogP contribution in [-0.2, 0) is 9.47 Å². The Balaban J connectivity index is 1.64. The van der Waals surface area contributed by atoms with Gasteiger partial charge in [0.15, 0.2) is 0 Å². The van der Waals surface area contributed by atoms with Crippen LogP contribution in [0.3, 0.4) is 0 Å². The number of benzene rings is 3. The summed E-state index contributed by atoms with van der Waals surface area (Å²) in [6.45, 7) is -0.554. The molecule has 0 aliphatic heterocycles. The highest BCUT2D eigenvalue weighted by Crippen LogP contribution is 2.20. The van der Waals surface area contributed by atoms with E-state index in [1.807, 2.05) is 0 Å². The molecule has 3 N–H and O–H groups in total. The number of aromatic hydroxyl groups is 3. The molecule has 9 nitrogen and oxygen atoms in total. The van der Waals surface area contributed by atoms with Crippen molar-refractivity contribution in [1.82, 2.24) is 4.90 Å². The molecule has 0 aliphatic rings. The summed E-state index contributed by atoms with van der Waals surface area (Å²) in [5.74, 6) is -2.78. The van der Waals surface area contributed by atoms with Gasteiger partial charge in [-0.15, -0.1) is 0 Å². The van der Waals surface area contributed by atoms with E-state index in [4.69, 9.17) is 9.47 Å². The minimum Gasteiger partial charge on any atom is -0.507 e. The number of ether oxygens (including phenoxy) is 2. The maximum absolute atomic E-state index is 13.0. The Morgan fingerprint density at radius 3 is 1.32 bits per heavy atom. The number of phenols is 3. The Bertz CT molecular complexity index is 1110. The van der Waals surface area contributed by atoms with E-state index < -0.39 is 17.8 Å². The van der Waals surface area contributed by atoms with E-state index in [-0.39, 0.29) is 60.2 Å². The molecule has 0 unspecified atom stereocenters.